The molecule has 1 aromatic carbocycles. The highest BCUT2D eigenvalue weighted by Crippen LogP contribution is 2.43. The van der Waals surface area contributed by atoms with Gasteiger partial charge in [0.1, 0.15) is 5.75 Å². The van der Waals surface area contributed by atoms with Crippen molar-refractivity contribution in [1.82, 2.24) is 0 Å². The van der Waals surface area contributed by atoms with Gasteiger partial charge in [-0.05, 0) is 81.5 Å². The lowest BCUT2D eigenvalue weighted by molar-refractivity contribution is -0.141. The van der Waals surface area contributed by atoms with E-state index in [0.29, 0.717) is 29.3 Å². The smallest absolute Gasteiger partial charge is 0.314 e. The monoisotopic (exact) mass is 327 g/mol. The summed E-state index contributed by atoms with van der Waals surface area (Å²) < 4.78 is 11.3. The molecule has 2 fully saturated rings. The third-order valence-corrected chi connectivity index (χ3v) is 5.50. The lowest BCUT2D eigenvalue weighted by Gasteiger charge is -2.41. The molecule has 0 radical (unpaired) electrons. The fourth-order valence-corrected chi connectivity index (χ4v) is 4.24. The fourth-order valence-electron chi connectivity index (χ4n) is 4.24. The van der Waals surface area contributed by atoms with E-state index in [9.17, 15) is 4.79 Å². The Bertz CT molecular complexity index is 604. The number of rotatable bonds is 4. The molecule has 1 aromatic rings. The van der Waals surface area contributed by atoms with Crippen LogP contribution in [-0.4, -0.2) is 18.7 Å². The number of hydrogen-bond donors (Lipinski definition) is 0. The molecular formula is C20H25NO3. The van der Waals surface area contributed by atoms with Crippen molar-refractivity contribution in [3.8, 4) is 11.8 Å². The van der Waals surface area contributed by atoms with Gasteiger partial charge in [0.15, 0.2) is 0 Å². The summed E-state index contributed by atoms with van der Waals surface area (Å²) in [5, 5.41) is 8.81. The minimum atomic E-state index is -0.120. The number of carbonyl (C=O) groups excluding carboxylic acids is 1. The molecule has 2 saturated carbocycles. The van der Waals surface area contributed by atoms with E-state index in [-0.39, 0.29) is 11.9 Å². The second kappa shape index (κ2) is 7.81. The molecule has 128 valence electrons. The summed E-state index contributed by atoms with van der Waals surface area (Å²) in [6.45, 7) is 2.85. The lowest BCUT2D eigenvalue weighted by atomic mass is 9.67. The Morgan fingerprint density at radius 1 is 1.12 bits per heavy atom. The van der Waals surface area contributed by atoms with Gasteiger partial charge in [-0.1, -0.05) is 0 Å². The van der Waals surface area contributed by atoms with E-state index in [2.05, 4.69) is 13.0 Å². The van der Waals surface area contributed by atoms with Crippen molar-refractivity contribution >= 4 is 5.97 Å². The highest BCUT2D eigenvalue weighted by molar-refractivity contribution is 5.75. The first kappa shape index (κ1) is 17.0. The molecular weight excluding hydrogens is 302 g/mol. The quantitative estimate of drug-likeness (QED) is 0.617. The molecule has 0 heterocycles. The highest BCUT2D eigenvalue weighted by atomic mass is 16.5. The number of carbonyl (C=O) groups is 1. The maximum Gasteiger partial charge on any atom is 0.314 e. The van der Waals surface area contributed by atoms with E-state index in [1.165, 1.54) is 0 Å². The summed E-state index contributed by atoms with van der Waals surface area (Å²) >= 11 is 0. The van der Waals surface area contributed by atoms with Crippen LogP contribution in [0.4, 0.5) is 0 Å². The molecule has 2 aliphatic carbocycles. The van der Waals surface area contributed by atoms with E-state index in [1.54, 1.807) is 24.3 Å². The molecule has 0 N–H and O–H groups in total. The summed E-state index contributed by atoms with van der Waals surface area (Å²) in [6, 6.07) is 8.79. The lowest BCUT2D eigenvalue weighted by Crippen LogP contribution is -2.37. The van der Waals surface area contributed by atoms with Crippen LogP contribution in [0.1, 0.15) is 51.0 Å². The van der Waals surface area contributed by atoms with Crippen molar-refractivity contribution in [2.45, 2.75) is 51.6 Å². The Kier molecular flexibility index (Phi) is 5.52. The van der Waals surface area contributed by atoms with Gasteiger partial charge in [-0.15, -0.1) is 0 Å². The topological polar surface area (TPSA) is 59.3 Å². The number of benzene rings is 1. The van der Waals surface area contributed by atoms with Crippen LogP contribution in [0.25, 0.3) is 0 Å². The molecule has 0 bridgehead atoms. The van der Waals surface area contributed by atoms with Crippen molar-refractivity contribution in [2.75, 3.05) is 6.61 Å². The van der Waals surface area contributed by atoms with Crippen LogP contribution in [0.15, 0.2) is 24.3 Å². The van der Waals surface area contributed by atoms with Gasteiger partial charge in [0.05, 0.1) is 23.7 Å². The summed E-state index contributed by atoms with van der Waals surface area (Å²) in [5.41, 5.74) is 0.571. The minimum Gasteiger partial charge on any atom is -0.426 e. The molecule has 24 heavy (non-hydrogen) atoms. The first-order valence-electron chi connectivity index (χ1n) is 9.03. The predicted molar refractivity (Wildman–Crippen MR) is 90.4 cm³/mol. The number of esters is 1. The van der Waals surface area contributed by atoms with E-state index in [1.807, 2.05) is 0 Å². The minimum absolute atomic E-state index is 0.00513. The predicted octanol–water partition coefficient (Wildman–Crippen LogP) is 4.09. The summed E-state index contributed by atoms with van der Waals surface area (Å²) in [5.74, 6) is 1.75. The molecule has 4 heteroatoms. The average Bonchev–Trinajstić information content (AvgIpc) is 2.62. The van der Waals surface area contributed by atoms with Crippen molar-refractivity contribution in [2.24, 2.45) is 17.8 Å². The van der Waals surface area contributed by atoms with Gasteiger partial charge in [-0.3, -0.25) is 4.79 Å². The van der Waals surface area contributed by atoms with Crippen LogP contribution < -0.4 is 4.74 Å². The van der Waals surface area contributed by atoms with Crippen LogP contribution in [-0.2, 0) is 9.53 Å². The molecule has 0 saturated heterocycles. The molecule has 2 unspecified atom stereocenters. The Labute approximate surface area is 143 Å². The Morgan fingerprint density at radius 3 is 2.54 bits per heavy atom. The van der Waals surface area contributed by atoms with Gasteiger partial charge in [-0.2, -0.15) is 5.26 Å². The summed E-state index contributed by atoms with van der Waals surface area (Å²) in [4.78, 5) is 12.5. The SMILES string of the molecule is CCOC1CCC2C[C@H](C(=O)Oc3ccc(C#N)cc3)CC[C@@H]2C1. The second-order valence-electron chi connectivity index (χ2n) is 6.98. The first-order chi connectivity index (χ1) is 11.7. The molecule has 0 spiro atoms. The second-order valence-corrected chi connectivity index (χ2v) is 6.98. The third-order valence-electron chi connectivity index (χ3n) is 5.50. The van der Waals surface area contributed by atoms with Crippen LogP contribution in [0.5, 0.6) is 5.75 Å². The van der Waals surface area contributed by atoms with Gasteiger partial charge in [-0.25, -0.2) is 0 Å². The van der Waals surface area contributed by atoms with Crippen LogP contribution in [0, 0.1) is 29.1 Å². The average molecular weight is 327 g/mol. The van der Waals surface area contributed by atoms with Gasteiger partial charge in [0.25, 0.3) is 0 Å². The fraction of sp³-hybridized carbons (Fsp3) is 0.600. The highest BCUT2D eigenvalue weighted by Gasteiger charge is 2.38. The van der Waals surface area contributed by atoms with Gasteiger partial charge < -0.3 is 9.47 Å². The summed E-state index contributed by atoms with van der Waals surface area (Å²) in [6.07, 6.45) is 6.80. The molecule has 0 amide bonds. The number of ether oxygens (including phenoxy) is 2. The van der Waals surface area contributed by atoms with Crippen molar-refractivity contribution in [3.63, 3.8) is 0 Å². The Morgan fingerprint density at radius 2 is 1.83 bits per heavy atom. The normalized spacial score (nSPS) is 29.3. The van der Waals surface area contributed by atoms with Gasteiger partial charge in [0, 0.05) is 6.61 Å². The largest absolute Gasteiger partial charge is 0.426 e. The summed E-state index contributed by atoms with van der Waals surface area (Å²) in [7, 11) is 0. The molecule has 2 aliphatic rings. The van der Waals surface area contributed by atoms with Crippen molar-refractivity contribution in [1.29, 1.82) is 5.26 Å². The van der Waals surface area contributed by atoms with E-state index in [0.717, 1.165) is 45.1 Å². The van der Waals surface area contributed by atoms with Crippen LogP contribution in [0.3, 0.4) is 0 Å². The van der Waals surface area contributed by atoms with Gasteiger partial charge in [0.2, 0.25) is 0 Å². The van der Waals surface area contributed by atoms with Gasteiger partial charge >= 0.3 is 5.97 Å². The maximum atomic E-state index is 12.5. The number of nitrogens with zero attached hydrogens (tertiary/aromatic N) is 1. The maximum absolute atomic E-state index is 12.5. The molecule has 0 aliphatic heterocycles. The van der Waals surface area contributed by atoms with Crippen LogP contribution >= 0.6 is 0 Å². The van der Waals surface area contributed by atoms with E-state index in [4.69, 9.17) is 14.7 Å². The van der Waals surface area contributed by atoms with Crippen LogP contribution in [0.2, 0.25) is 0 Å². The first-order valence-corrected chi connectivity index (χ1v) is 9.03. The molecule has 3 rings (SSSR count). The standard InChI is InChI=1S/C20H25NO3/c1-2-23-19-10-7-15-11-17(6-5-16(15)12-19)20(22)24-18-8-3-14(13-21)4-9-18/h3-4,8-9,15-17,19H,2,5-7,10-12H2,1H3/t15?,16-,17-,19?/m1/s1. The Hall–Kier alpha value is -1.86. The number of fused-ring (bicyclic) bond motifs is 1. The molecule has 4 nitrogen and oxygen atoms in total. The zero-order valence-corrected chi connectivity index (χ0v) is 14.2. The Balaban J connectivity index is 1.53. The van der Waals surface area contributed by atoms with Crippen molar-refractivity contribution in [3.05, 3.63) is 29.8 Å². The van der Waals surface area contributed by atoms with Crippen molar-refractivity contribution < 1.29 is 14.3 Å². The molecule has 0 aromatic heterocycles. The third kappa shape index (κ3) is 3.96. The zero-order valence-electron chi connectivity index (χ0n) is 14.2. The molecule has 4 atom stereocenters. The van der Waals surface area contributed by atoms with E-state index < -0.39 is 0 Å². The zero-order chi connectivity index (χ0) is 16.9. The van der Waals surface area contributed by atoms with E-state index >= 15 is 0 Å². The number of hydrogen-bond acceptors (Lipinski definition) is 4. The number of nitriles is 1.